The van der Waals surface area contributed by atoms with Crippen molar-refractivity contribution in [3.8, 4) is 0 Å². The maximum atomic E-state index is 14.1. The highest BCUT2D eigenvalue weighted by atomic mass is 31.2. The Morgan fingerprint density at radius 2 is 1.06 bits per heavy atom. The van der Waals surface area contributed by atoms with E-state index in [1.54, 1.807) is 62.4 Å². The predicted octanol–water partition coefficient (Wildman–Crippen LogP) is 6.13. The van der Waals surface area contributed by atoms with Gasteiger partial charge < -0.3 is 37.8 Å². The molecule has 0 aliphatic carbocycles. The number of rotatable bonds is 20. The third-order valence-corrected chi connectivity index (χ3v) is 10.3. The lowest BCUT2D eigenvalue weighted by molar-refractivity contribution is -0.432. The summed E-state index contributed by atoms with van der Waals surface area (Å²) in [5, 5.41) is 0. The second-order valence-electron chi connectivity index (χ2n) is 12.2. The summed E-state index contributed by atoms with van der Waals surface area (Å²) < 4.78 is 75.0. The average Bonchev–Trinajstić information content (AvgIpc) is 3.15. The quantitative estimate of drug-likeness (QED) is 0.0955. The van der Waals surface area contributed by atoms with Crippen molar-refractivity contribution < 1.29 is 56.0 Å². The van der Waals surface area contributed by atoms with Crippen molar-refractivity contribution in [1.82, 2.24) is 0 Å². The molecule has 0 spiro atoms. The van der Waals surface area contributed by atoms with E-state index in [1.165, 1.54) is 0 Å². The maximum absolute atomic E-state index is 14.1. The van der Waals surface area contributed by atoms with E-state index in [0.29, 0.717) is 11.1 Å². The second-order valence-corrected chi connectivity index (χ2v) is 14.9. The average molecular weight is 755 g/mol. The number of phosphoric acid groups is 2. The van der Waals surface area contributed by atoms with Gasteiger partial charge in [-0.3, -0.25) is 13.6 Å². The van der Waals surface area contributed by atoms with Crippen molar-refractivity contribution in [2.45, 2.75) is 57.1 Å². The third-order valence-electron chi connectivity index (χ3n) is 8.39. The van der Waals surface area contributed by atoms with Crippen molar-refractivity contribution in [2.24, 2.45) is 0 Å². The van der Waals surface area contributed by atoms with Crippen LogP contribution in [0.25, 0.3) is 0 Å². The number of benzene rings is 4. The fourth-order valence-electron chi connectivity index (χ4n) is 5.99. The highest BCUT2D eigenvalue weighted by Crippen LogP contribution is 2.53. The Morgan fingerprint density at radius 3 is 1.44 bits per heavy atom. The van der Waals surface area contributed by atoms with Gasteiger partial charge >= 0.3 is 7.82 Å². The predicted molar refractivity (Wildman–Crippen MR) is 188 cm³/mol. The van der Waals surface area contributed by atoms with Crippen LogP contribution in [0.3, 0.4) is 0 Å². The van der Waals surface area contributed by atoms with Crippen LogP contribution in [0.4, 0.5) is 0 Å². The van der Waals surface area contributed by atoms with Crippen LogP contribution in [0.5, 0.6) is 0 Å². The molecule has 52 heavy (non-hydrogen) atoms. The first kappa shape index (κ1) is 40.1. The highest BCUT2D eigenvalue weighted by Gasteiger charge is 2.61. The van der Waals surface area contributed by atoms with E-state index in [0.717, 1.165) is 11.1 Å². The fraction of sp³-hybridized carbons (Fsp3) is 0.368. The molecule has 0 bridgehead atoms. The van der Waals surface area contributed by atoms with Gasteiger partial charge in [-0.25, -0.2) is 4.57 Å². The lowest BCUT2D eigenvalue weighted by Gasteiger charge is -2.56. The van der Waals surface area contributed by atoms with Gasteiger partial charge in [0.2, 0.25) is 11.6 Å². The van der Waals surface area contributed by atoms with Gasteiger partial charge in [0.25, 0.3) is 0 Å². The number of ether oxygens (including phenoxy) is 4. The Morgan fingerprint density at radius 1 is 0.615 bits per heavy atom. The van der Waals surface area contributed by atoms with E-state index >= 15 is 0 Å². The molecule has 2 unspecified atom stereocenters. The molecule has 2 atom stereocenters. The van der Waals surface area contributed by atoms with Crippen LogP contribution in [-0.4, -0.2) is 50.2 Å². The van der Waals surface area contributed by atoms with Crippen molar-refractivity contribution in [3.63, 3.8) is 0 Å². The van der Waals surface area contributed by atoms with Crippen molar-refractivity contribution >= 4 is 15.6 Å². The first-order chi connectivity index (χ1) is 25.0. The molecule has 0 amide bonds. The van der Waals surface area contributed by atoms with E-state index in [-0.39, 0.29) is 39.3 Å². The summed E-state index contributed by atoms with van der Waals surface area (Å²) in [4.78, 5) is 25.2. The van der Waals surface area contributed by atoms with Crippen molar-refractivity contribution in [1.29, 1.82) is 0 Å². The summed E-state index contributed by atoms with van der Waals surface area (Å²) in [5.74, 6) is -3.63. The Kier molecular flexibility index (Phi) is 14.1. The Labute approximate surface area is 304 Å². The minimum atomic E-state index is -5.68. The molecule has 0 N–H and O–H groups in total. The lowest BCUT2D eigenvalue weighted by Crippen LogP contribution is -2.69. The summed E-state index contributed by atoms with van der Waals surface area (Å²) in [7, 11) is -9.95. The molecule has 280 valence electrons. The number of hydrogen-bond acceptors (Lipinski definition) is 12. The molecule has 0 saturated carbocycles. The molecule has 1 saturated heterocycles. The minimum Gasteiger partial charge on any atom is -0.790 e. The van der Waals surface area contributed by atoms with Crippen LogP contribution >= 0.6 is 15.6 Å². The lowest BCUT2D eigenvalue weighted by atomic mass is 9.80. The second kappa shape index (κ2) is 18.3. The van der Waals surface area contributed by atoms with E-state index in [4.69, 9.17) is 37.0 Å². The van der Waals surface area contributed by atoms with Gasteiger partial charge in [0.05, 0.1) is 21.0 Å². The molecule has 1 heterocycles. The molecule has 1 fully saturated rings. The van der Waals surface area contributed by atoms with E-state index < -0.39 is 52.6 Å². The topological polar surface area (TPSA) is 154 Å². The van der Waals surface area contributed by atoms with Crippen LogP contribution in [-0.2, 0) is 72.2 Å². The summed E-state index contributed by atoms with van der Waals surface area (Å²) in [5.41, 5.74) is 0.861. The third kappa shape index (κ3) is 11.0. The molecule has 1 aliphatic rings. The van der Waals surface area contributed by atoms with E-state index in [9.17, 15) is 18.9 Å². The smallest absolute Gasteiger partial charge is 0.475 e. The summed E-state index contributed by atoms with van der Waals surface area (Å²) >= 11 is 0. The van der Waals surface area contributed by atoms with Gasteiger partial charge in [0, 0.05) is 26.1 Å². The minimum absolute atomic E-state index is 0.0358. The molecule has 5 rings (SSSR count). The SMILES string of the molecule is CCOC1(COP(=O)(OCc2ccccc2)OCc2ccccc2)COC(OCC)(C(Cc2ccccc2)(Cc2ccccc2)OP(=O)([O-])[O-])CO1. The van der Waals surface area contributed by atoms with E-state index in [1.807, 2.05) is 72.8 Å². The van der Waals surface area contributed by atoms with Crippen LogP contribution in [0, 0.1) is 0 Å². The first-order valence-electron chi connectivity index (χ1n) is 17.0. The van der Waals surface area contributed by atoms with E-state index in [2.05, 4.69) is 0 Å². The molecule has 12 nitrogen and oxygen atoms in total. The van der Waals surface area contributed by atoms with Crippen LogP contribution < -0.4 is 9.79 Å². The molecule has 4 aromatic carbocycles. The molecule has 0 aromatic heterocycles. The number of phosphoric ester groups is 2. The summed E-state index contributed by atoms with van der Waals surface area (Å²) in [6.07, 6.45) is -0.205. The standard InChI is InChI=1S/C38H46O12P2/c1-3-43-37(30-49-52(42,47-27-34-21-13-7-14-22-34)48-28-35-23-15-8-16-24-35)29-46-38(31-45-37,44-4-2)36(50-51(39,40)41,25-32-17-9-5-10-18-32)26-33-19-11-6-12-20-33/h5-24H,3-4,25-31H2,1-2H3,(H2,39,40,41)/p-2. The first-order valence-corrected chi connectivity index (χ1v) is 19.9. The zero-order chi connectivity index (χ0) is 37.0. The maximum Gasteiger partial charge on any atom is 0.475 e. The van der Waals surface area contributed by atoms with Crippen LogP contribution in [0.1, 0.15) is 36.1 Å². The van der Waals surface area contributed by atoms with Crippen LogP contribution in [0.2, 0.25) is 0 Å². The van der Waals surface area contributed by atoms with Gasteiger partial charge in [-0.05, 0) is 36.1 Å². The molecular weight excluding hydrogens is 710 g/mol. The van der Waals surface area contributed by atoms with Gasteiger partial charge in [-0.15, -0.1) is 0 Å². The molecule has 1 aliphatic heterocycles. The zero-order valence-electron chi connectivity index (χ0n) is 29.2. The van der Waals surface area contributed by atoms with Gasteiger partial charge in [-0.1, -0.05) is 121 Å². The summed E-state index contributed by atoms with van der Waals surface area (Å²) in [6, 6.07) is 36.2. The molecule has 14 heteroatoms. The molecular formula is C38H44O12P2-2. The number of hydrogen-bond donors (Lipinski definition) is 0. The largest absolute Gasteiger partial charge is 0.790 e. The Hall–Kier alpha value is -3.06. The molecule has 0 radical (unpaired) electrons. The highest BCUT2D eigenvalue weighted by molar-refractivity contribution is 7.48. The Bertz CT molecular complexity index is 1640. The van der Waals surface area contributed by atoms with Gasteiger partial charge in [0.15, 0.2) is 0 Å². The monoisotopic (exact) mass is 754 g/mol. The van der Waals surface area contributed by atoms with Gasteiger partial charge in [-0.2, -0.15) is 0 Å². The van der Waals surface area contributed by atoms with Crippen molar-refractivity contribution in [2.75, 3.05) is 33.0 Å². The van der Waals surface area contributed by atoms with Crippen LogP contribution in [0.15, 0.2) is 121 Å². The summed E-state index contributed by atoms with van der Waals surface area (Å²) in [6.45, 7) is 2.11. The molecule has 4 aromatic rings. The Balaban J connectivity index is 1.45. The zero-order valence-corrected chi connectivity index (χ0v) is 31.0. The van der Waals surface area contributed by atoms with Crippen molar-refractivity contribution in [3.05, 3.63) is 144 Å². The fourth-order valence-corrected chi connectivity index (χ4v) is 7.88. The normalized spacial score (nSPS) is 19.8. The van der Waals surface area contributed by atoms with Gasteiger partial charge in [0.1, 0.15) is 25.4 Å².